The molecular weight excluding hydrogens is 204 g/mol. The fraction of sp³-hybridized carbons (Fsp3) is 0.750. The maximum absolute atomic E-state index is 11.6. The van der Waals surface area contributed by atoms with E-state index in [1.54, 1.807) is 0 Å². The third kappa shape index (κ3) is 3.37. The van der Waals surface area contributed by atoms with Crippen LogP contribution in [0.4, 0.5) is 4.79 Å². The van der Waals surface area contributed by atoms with Gasteiger partial charge >= 0.3 is 6.09 Å². The summed E-state index contributed by atoms with van der Waals surface area (Å²) in [6.07, 6.45) is -2.28. The molecule has 1 rings (SSSR count). The molecule has 0 aromatic carbocycles. The van der Waals surface area contributed by atoms with Crippen LogP contribution in [0.5, 0.6) is 0 Å². The Morgan fingerprint density at radius 3 is 2.53 bits per heavy atom. The van der Waals surface area contributed by atoms with Crippen LogP contribution >= 0.6 is 0 Å². The van der Waals surface area contributed by atoms with Crippen LogP contribution in [0.3, 0.4) is 0 Å². The molecule has 1 saturated heterocycles. The summed E-state index contributed by atoms with van der Waals surface area (Å²) in [6.45, 7) is 1.18. The third-order valence-corrected chi connectivity index (χ3v) is 2.02. The SMILES string of the molecule is NC(=O)OC(CO)C(=O)N1CCOCC1. The molecule has 1 unspecified atom stereocenters. The van der Waals surface area contributed by atoms with Gasteiger partial charge in [-0.25, -0.2) is 4.79 Å². The minimum absolute atomic E-state index is 0.428. The highest BCUT2D eigenvalue weighted by molar-refractivity contribution is 5.83. The summed E-state index contributed by atoms with van der Waals surface area (Å²) in [7, 11) is 0. The first-order chi connectivity index (χ1) is 7.15. The first-order valence-corrected chi connectivity index (χ1v) is 4.58. The lowest BCUT2D eigenvalue weighted by atomic mass is 10.3. The zero-order valence-corrected chi connectivity index (χ0v) is 8.22. The van der Waals surface area contributed by atoms with E-state index in [-0.39, 0.29) is 0 Å². The number of carbonyl (C=O) groups is 2. The number of carbonyl (C=O) groups excluding carboxylic acids is 2. The average molecular weight is 218 g/mol. The van der Waals surface area contributed by atoms with Crippen molar-refractivity contribution in [3.63, 3.8) is 0 Å². The van der Waals surface area contributed by atoms with Gasteiger partial charge in [0.05, 0.1) is 19.8 Å². The molecular formula is C8H14N2O5. The van der Waals surface area contributed by atoms with Crippen LogP contribution in [0.25, 0.3) is 0 Å². The van der Waals surface area contributed by atoms with Gasteiger partial charge in [0.1, 0.15) is 0 Å². The number of hydrogen-bond donors (Lipinski definition) is 2. The van der Waals surface area contributed by atoms with Crippen molar-refractivity contribution in [2.75, 3.05) is 32.9 Å². The molecule has 0 aliphatic carbocycles. The van der Waals surface area contributed by atoms with Crippen molar-refractivity contribution < 1.29 is 24.2 Å². The van der Waals surface area contributed by atoms with Gasteiger partial charge in [-0.05, 0) is 0 Å². The minimum Gasteiger partial charge on any atom is -0.434 e. The third-order valence-electron chi connectivity index (χ3n) is 2.02. The van der Waals surface area contributed by atoms with Crippen molar-refractivity contribution in [2.45, 2.75) is 6.10 Å². The van der Waals surface area contributed by atoms with Crippen molar-refractivity contribution in [3.8, 4) is 0 Å². The van der Waals surface area contributed by atoms with E-state index in [9.17, 15) is 9.59 Å². The smallest absolute Gasteiger partial charge is 0.405 e. The monoisotopic (exact) mass is 218 g/mol. The molecule has 0 radical (unpaired) electrons. The molecule has 2 amide bonds. The molecule has 1 heterocycles. The summed E-state index contributed by atoms with van der Waals surface area (Å²) in [4.78, 5) is 23.6. The summed E-state index contributed by atoms with van der Waals surface area (Å²) >= 11 is 0. The number of aliphatic hydroxyl groups excluding tert-OH is 1. The number of amides is 2. The number of rotatable bonds is 3. The molecule has 0 saturated carbocycles. The second kappa shape index (κ2) is 5.52. The maximum atomic E-state index is 11.6. The fourth-order valence-corrected chi connectivity index (χ4v) is 1.29. The second-order valence-corrected chi connectivity index (χ2v) is 3.05. The topological polar surface area (TPSA) is 102 Å². The van der Waals surface area contributed by atoms with Crippen molar-refractivity contribution in [3.05, 3.63) is 0 Å². The first-order valence-electron chi connectivity index (χ1n) is 4.58. The van der Waals surface area contributed by atoms with E-state index in [0.717, 1.165) is 0 Å². The highest BCUT2D eigenvalue weighted by Gasteiger charge is 2.27. The molecule has 0 aromatic rings. The lowest BCUT2D eigenvalue weighted by molar-refractivity contribution is -0.146. The van der Waals surface area contributed by atoms with E-state index in [2.05, 4.69) is 4.74 Å². The van der Waals surface area contributed by atoms with Crippen LogP contribution in [0, 0.1) is 0 Å². The number of nitrogens with zero attached hydrogens (tertiary/aromatic N) is 1. The van der Waals surface area contributed by atoms with Crippen molar-refractivity contribution in [1.82, 2.24) is 4.90 Å². The highest BCUT2D eigenvalue weighted by atomic mass is 16.6. The summed E-state index contributed by atoms with van der Waals surface area (Å²) in [5, 5.41) is 8.86. The molecule has 0 spiro atoms. The predicted octanol–water partition coefficient (Wildman–Crippen LogP) is -1.70. The molecule has 3 N–H and O–H groups in total. The van der Waals surface area contributed by atoms with Gasteiger partial charge in [-0.3, -0.25) is 4.79 Å². The van der Waals surface area contributed by atoms with E-state index in [0.29, 0.717) is 26.3 Å². The van der Waals surface area contributed by atoms with E-state index in [1.807, 2.05) is 0 Å². The minimum atomic E-state index is -1.21. The lowest BCUT2D eigenvalue weighted by Gasteiger charge is -2.29. The molecule has 1 atom stereocenters. The molecule has 86 valence electrons. The Kier molecular flexibility index (Phi) is 4.32. The zero-order chi connectivity index (χ0) is 11.3. The Morgan fingerprint density at radius 2 is 2.07 bits per heavy atom. The van der Waals surface area contributed by atoms with Gasteiger partial charge in [0, 0.05) is 13.1 Å². The second-order valence-electron chi connectivity index (χ2n) is 3.05. The number of aliphatic hydroxyl groups is 1. The molecule has 1 fully saturated rings. The van der Waals surface area contributed by atoms with Gasteiger partial charge in [0.2, 0.25) is 6.10 Å². The summed E-state index contributed by atoms with van der Waals surface area (Å²) < 4.78 is 9.53. The van der Waals surface area contributed by atoms with E-state index >= 15 is 0 Å². The van der Waals surface area contributed by atoms with Crippen LogP contribution < -0.4 is 5.73 Å². The van der Waals surface area contributed by atoms with Gasteiger partial charge in [0.25, 0.3) is 5.91 Å². The molecule has 1 aliphatic heterocycles. The molecule has 0 aromatic heterocycles. The predicted molar refractivity (Wildman–Crippen MR) is 48.9 cm³/mol. The van der Waals surface area contributed by atoms with Gasteiger partial charge in [0.15, 0.2) is 0 Å². The van der Waals surface area contributed by atoms with Crippen LogP contribution in [0.1, 0.15) is 0 Å². The van der Waals surface area contributed by atoms with Crippen LogP contribution in [0.2, 0.25) is 0 Å². The highest BCUT2D eigenvalue weighted by Crippen LogP contribution is 2.03. The van der Waals surface area contributed by atoms with E-state index in [4.69, 9.17) is 15.6 Å². The fourth-order valence-electron chi connectivity index (χ4n) is 1.29. The Labute approximate surface area is 86.7 Å². The molecule has 1 aliphatic rings. The number of morpholine rings is 1. The summed E-state index contributed by atoms with van der Waals surface area (Å²) in [5.41, 5.74) is 4.77. The standard InChI is InChI=1S/C8H14N2O5/c9-8(13)15-6(5-11)7(12)10-1-3-14-4-2-10/h6,11H,1-5H2,(H2,9,13). The lowest BCUT2D eigenvalue weighted by Crippen LogP contribution is -2.48. The van der Waals surface area contributed by atoms with Crippen LogP contribution in [-0.2, 0) is 14.3 Å². The Balaban J connectivity index is 2.50. The van der Waals surface area contributed by atoms with Gasteiger partial charge < -0.3 is 25.2 Å². The maximum Gasteiger partial charge on any atom is 0.405 e. The van der Waals surface area contributed by atoms with Crippen molar-refractivity contribution in [2.24, 2.45) is 5.73 Å². The number of nitrogens with two attached hydrogens (primary N) is 1. The van der Waals surface area contributed by atoms with Crippen molar-refractivity contribution >= 4 is 12.0 Å². The number of hydrogen-bond acceptors (Lipinski definition) is 5. The van der Waals surface area contributed by atoms with Crippen LogP contribution in [-0.4, -0.2) is 61.0 Å². The van der Waals surface area contributed by atoms with Gasteiger partial charge in [-0.15, -0.1) is 0 Å². The van der Waals surface area contributed by atoms with Crippen molar-refractivity contribution in [1.29, 1.82) is 0 Å². The van der Waals surface area contributed by atoms with E-state index in [1.165, 1.54) is 4.90 Å². The molecule has 7 heteroatoms. The molecule has 15 heavy (non-hydrogen) atoms. The van der Waals surface area contributed by atoms with Gasteiger partial charge in [-0.1, -0.05) is 0 Å². The Bertz CT molecular complexity index is 239. The van der Waals surface area contributed by atoms with E-state index < -0.39 is 24.7 Å². The average Bonchev–Trinajstić information content (AvgIpc) is 2.26. The number of ether oxygens (including phenoxy) is 2. The quantitative estimate of drug-likeness (QED) is 0.588. The summed E-state index contributed by atoms with van der Waals surface area (Å²) in [5.74, 6) is -0.445. The zero-order valence-electron chi connectivity index (χ0n) is 8.22. The molecule has 0 bridgehead atoms. The number of primary amides is 1. The van der Waals surface area contributed by atoms with Gasteiger partial charge in [-0.2, -0.15) is 0 Å². The molecule has 7 nitrogen and oxygen atoms in total. The normalized spacial score (nSPS) is 18.3. The largest absolute Gasteiger partial charge is 0.434 e. The van der Waals surface area contributed by atoms with Crippen LogP contribution in [0.15, 0.2) is 0 Å². The first kappa shape index (κ1) is 11.7. The summed E-state index contributed by atoms with van der Waals surface area (Å²) in [6, 6.07) is 0. The Hall–Kier alpha value is -1.34. The Morgan fingerprint density at radius 1 is 1.47 bits per heavy atom.